The van der Waals surface area contributed by atoms with E-state index >= 15 is 0 Å². The Bertz CT molecular complexity index is 590. The molecule has 4 nitrogen and oxygen atoms in total. The highest BCUT2D eigenvalue weighted by Gasteiger charge is 2.14. The van der Waals surface area contributed by atoms with E-state index in [0.717, 1.165) is 39.7 Å². The fraction of sp³-hybridized carbons (Fsp3) is 0.333. The number of benzene rings is 1. The molecular weight excluding hydrogens is 270 g/mol. The summed E-state index contributed by atoms with van der Waals surface area (Å²) in [5, 5.41) is 8.55. The van der Waals surface area contributed by atoms with Crippen molar-refractivity contribution < 1.29 is 4.74 Å². The lowest BCUT2D eigenvalue weighted by molar-refractivity contribution is 0.340. The van der Waals surface area contributed by atoms with Gasteiger partial charge in [-0.1, -0.05) is 13.3 Å². The fourth-order valence-corrected chi connectivity index (χ4v) is 2.93. The summed E-state index contributed by atoms with van der Waals surface area (Å²) in [6.07, 6.45) is 1.84. The number of hydrogen-bond donors (Lipinski definition) is 2. The van der Waals surface area contributed by atoms with E-state index in [9.17, 15) is 0 Å². The Morgan fingerprint density at radius 3 is 2.55 bits per heavy atom. The van der Waals surface area contributed by atoms with Crippen LogP contribution in [0, 0.1) is 5.41 Å². The van der Waals surface area contributed by atoms with Crippen LogP contribution in [0.15, 0.2) is 24.3 Å². The van der Waals surface area contributed by atoms with Crippen molar-refractivity contribution in [2.24, 2.45) is 5.73 Å². The smallest absolute Gasteiger partial charge is 0.135 e. The van der Waals surface area contributed by atoms with Gasteiger partial charge in [0.05, 0.1) is 17.2 Å². The van der Waals surface area contributed by atoms with Crippen LogP contribution < -0.4 is 10.5 Å². The molecule has 2 aromatic rings. The normalized spacial score (nSPS) is 10.5. The minimum absolute atomic E-state index is 0.100. The topological polar surface area (TPSA) is 72.0 Å². The number of aromatic nitrogens is 1. The van der Waals surface area contributed by atoms with Gasteiger partial charge in [0.25, 0.3) is 0 Å². The summed E-state index contributed by atoms with van der Waals surface area (Å²) in [5.74, 6) is 0.955. The van der Waals surface area contributed by atoms with Crippen LogP contribution in [0.25, 0.3) is 10.6 Å². The Balaban J connectivity index is 2.32. The van der Waals surface area contributed by atoms with Crippen molar-refractivity contribution in [2.45, 2.75) is 26.7 Å². The highest BCUT2D eigenvalue weighted by molar-refractivity contribution is 7.17. The highest BCUT2D eigenvalue weighted by atomic mass is 32.1. The Morgan fingerprint density at radius 1 is 1.30 bits per heavy atom. The van der Waals surface area contributed by atoms with Gasteiger partial charge in [-0.05, 0) is 37.6 Å². The quantitative estimate of drug-likeness (QED) is 0.632. The predicted octanol–water partition coefficient (Wildman–Crippen LogP) is 3.45. The van der Waals surface area contributed by atoms with Crippen LogP contribution in [0.3, 0.4) is 0 Å². The van der Waals surface area contributed by atoms with E-state index in [2.05, 4.69) is 11.9 Å². The summed E-state index contributed by atoms with van der Waals surface area (Å²) >= 11 is 1.48. The summed E-state index contributed by atoms with van der Waals surface area (Å²) in [7, 11) is 0. The Labute approximate surface area is 123 Å². The molecule has 3 N–H and O–H groups in total. The number of nitrogens with zero attached hydrogens (tertiary/aromatic N) is 1. The minimum Gasteiger partial charge on any atom is -0.494 e. The number of amidine groups is 1. The minimum atomic E-state index is 0.100. The van der Waals surface area contributed by atoms with Gasteiger partial charge in [-0.15, -0.1) is 11.3 Å². The Hall–Kier alpha value is -1.88. The van der Waals surface area contributed by atoms with Crippen molar-refractivity contribution in [1.82, 2.24) is 4.98 Å². The summed E-state index contributed by atoms with van der Waals surface area (Å²) < 4.78 is 5.43. The van der Waals surface area contributed by atoms with Crippen molar-refractivity contribution in [1.29, 1.82) is 5.41 Å². The lowest BCUT2D eigenvalue weighted by atomic mass is 10.2. The second-order valence-electron chi connectivity index (χ2n) is 4.42. The van der Waals surface area contributed by atoms with Gasteiger partial charge in [-0.25, -0.2) is 4.98 Å². The number of thiazole rings is 1. The zero-order chi connectivity index (χ0) is 14.5. The van der Waals surface area contributed by atoms with Gasteiger partial charge < -0.3 is 10.5 Å². The molecule has 0 saturated heterocycles. The maximum Gasteiger partial charge on any atom is 0.135 e. The summed E-state index contributed by atoms with van der Waals surface area (Å²) in [5.41, 5.74) is 7.59. The Morgan fingerprint density at radius 2 is 2.00 bits per heavy atom. The molecule has 0 bridgehead atoms. The molecule has 1 heterocycles. The van der Waals surface area contributed by atoms with Gasteiger partial charge in [0.2, 0.25) is 0 Å². The molecule has 0 radical (unpaired) electrons. The molecule has 2 rings (SSSR count). The van der Waals surface area contributed by atoms with Crippen molar-refractivity contribution in [2.75, 3.05) is 6.61 Å². The molecule has 5 heteroatoms. The van der Waals surface area contributed by atoms with Gasteiger partial charge in [-0.3, -0.25) is 5.41 Å². The zero-order valence-corrected chi connectivity index (χ0v) is 12.6. The van der Waals surface area contributed by atoms with Gasteiger partial charge in [0.1, 0.15) is 16.6 Å². The van der Waals surface area contributed by atoms with Crippen LogP contribution in [0.2, 0.25) is 0 Å². The molecule has 20 heavy (non-hydrogen) atoms. The third-order valence-corrected chi connectivity index (χ3v) is 4.02. The number of aryl methyl sites for hydroxylation is 1. The molecule has 0 spiro atoms. The third-order valence-electron chi connectivity index (χ3n) is 2.84. The van der Waals surface area contributed by atoms with Crippen molar-refractivity contribution in [3.8, 4) is 16.3 Å². The van der Waals surface area contributed by atoms with E-state index in [-0.39, 0.29) is 5.84 Å². The average Bonchev–Trinajstić information content (AvgIpc) is 2.85. The number of hydrogen-bond acceptors (Lipinski definition) is 4. The van der Waals surface area contributed by atoms with Crippen LogP contribution in [0.5, 0.6) is 5.75 Å². The zero-order valence-electron chi connectivity index (χ0n) is 11.8. The number of ether oxygens (including phenoxy) is 1. The molecule has 0 aliphatic rings. The molecule has 0 aliphatic carbocycles. The first-order chi connectivity index (χ1) is 9.65. The van der Waals surface area contributed by atoms with Crippen LogP contribution >= 0.6 is 11.3 Å². The second kappa shape index (κ2) is 6.52. The van der Waals surface area contributed by atoms with Crippen LogP contribution in [-0.4, -0.2) is 17.4 Å². The first kappa shape index (κ1) is 14.5. The number of rotatable bonds is 6. The van der Waals surface area contributed by atoms with Crippen molar-refractivity contribution in [3.05, 3.63) is 34.8 Å². The maximum atomic E-state index is 7.65. The first-order valence-corrected chi connectivity index (χ1v) is 7.54. The number of nitrogens with two attached hydrogens (primary N) is 1. The molecule has 0 aliphatic heterocycles. The summed E-state index contributed by atoms with van der Waals surface area (Å²) in [6.45, 7) is 4.72. The van der Waals surface area contributed by atoms with Crippen molar-refractivity contribution in [3.63, 3.8) is 0 Å². The van der Waals surface area contributed by atoms with Crippen LogP contribution in [0.4, 0.5) is 0 Å². The lowest BCUT2D eigenvalue weighted by Gasteiger charge is -2.02. The molecule has 1 aromatic heterocycles. The monoisotopic (exact) mass is 289 g/mol. The van der Waals surface area contributed by atoms with E-state index in [1.165, 1.54) is 11.3 Å². The second-order valence-corrected chi connectivity index (χ2v) is 5.41. The van der Waals surface area contributed by atoms with E-state index in [0.29, 0.717) is 6.61 Å². The summed E-state index contributed by atoms with van der Waals surface area (Å²) in [6, 6.07) is 7.85. The van der Waals surface area contributed by atoms with E-state index in [4.69, 9.17) is 15.9 Å². The Kier molecular flexibility index (Phi) is 4.74. The first-order valence-electron chi connectivity index (χ1n) is 6.73. The van der Waals surface area contributed by atoms with Gasteiger partial charge >= 0.3 is 0 Å². The predicted molar refractivity (Wildman–Crippen MR) is 83.7 cm³/mol. The molecule has 0 saturated carbocycles. The van der Waals surface area contributed by atoms with E-state index in [1.54, 1.807) is 0 Å². The van der Waals surface area contributed by atoms with Crippen molar-refractivity contribution >= 4 is 17.2 Å². The molecule has 1 aromatic carbocycles. The van der Waals surface area contributed by atoms with Gasteiger partial charge in [-0.2, -0.15) is 0 Å². The number of nitrogens with one attached hydrogen (secondary N) is 1. The van der Waals surface area contributed by atoms with Crippen LogP contribution in [-0.2, 0) is 6.42 Å². The van der Waals surface area contributed by atoms with Gasteiger partial charge in [0, 0.05) is 5.56 Å². The third kappa shape index (κ3) is 3.17. The summed E-state index contributed by atoms with van der Waals surface area (Å²) in [4.78, 5) is 5.41. The van der Waals surface area contributed by atoms with E-state index in [1.807, 2.05) is 31.2 Å². The molecule has 0 amide bonds. The maximum absolute atomic E-state index is 7.65. The molecule has 106 valence electrons. The standard InChI is InChI=1S/C15H19N3OS/c1-3-5-12-13(14(16)17)20-15(18-12)10-6-8-11(9-7-10)19-4-2/h6-9H,3-5H2,1-2H3,(H3,16,17). The molecule has 0 unspecified atom stereocenters. The highest BCUT2D eigenvalue weighted by Crippen LogP contribution is 2.29. The largest absolute Gasteiger partial charge is 0.494 e. The fourth-order valence-electron chi connectivity index (χ4n) is 1.95. The molecular formula is C15H19N3OS. The van der Waals surface area contributed by atoms with Gasteiger partial charge in [0.15, 0.2) is 0 Å². The average molecular weight is 289 g/mol. The van der Waals surface area contributed by atoms with E-state index < -0.39 is 0 Å². The SMILES string of the molecule is CCCc1nc(-c2ccc(OCC)cc2)sc1C(=N)N. The van der Waals surface area contributed by atoms with Crippen LogP contribution in [0.1, 0.15) is 30.8 Å². The molecule has 0 atom stereocenters. The lowest BCUT2D eigenvalue weighted by Crippen LogP contribution is -2.11. The molecule has 0 fully saturated rings. The number of nitrogen functional groups attached to an aromatic ring is 1.